The van der Waals surface area contributed by atoms with Crippen LogP contribution in [0.15, 0.2) is 0 Å². The third-order valence-corrected chi connectivity index (χ3v) is 2.40. The van der Waals surface area contributed by atoms with Gasteiger partial charge in [0, 0.05) is 6.54 Å². The molecule has 0 bridgehead atoms. The fourth-order valence-electron chi connectivity index (χ4n) is 1.53. The van der Waals surface area contributed by atoms with Crippen molar-refractivity contribution in [3.8, 4) is 0 Å². The number of rotatable bonds is 1. The Labute approximate surface area is 96.9 Å². The van der Waals surface area contributed by atoms with E-state index < -0.39 is 5.60 Å². The first-order valence-corrected chi connectivity index (χ1v) is 5.65. The number of nitrogens with two attached hydrogens (primary N) is 1. The van der Waals surface area contributed by atoms with Crippen LogP contribution >= 0.6 is 0 Å². The molecule has 1 fully saturated rings. The molecule has 0 aromatic carbocycles. The van der Waals surface area contributed by atoms with Crippen molar-refractivity contribution < 1.29 is 14.3 Å². The summed E-state index contributed by atoms with van der Waals surface area (Å²) in [7, 11) is 0. The molecule has 0 radical (unpaired) electrons. The van der Waals surface area contributed by atoms with Crippen molar-refractivity contribution in [1.29, 1.82) is 0 Å². The molecule has 1 heterocycles. The first-order valence-electron chi connectivity index (χ1n) is 5.65. The van der Waals surface area contributed by atoms with Gasteiger partial charge in [0.05, 0.1) is 25.3 Å². The van der Waals surface area contributed by atoms with E-state index in [1.54, 1.807) is 4.90 Å². The zero-order valence-corrected chi connectivity index (χ0v) is 10.5. The van der Waals surface area contributed by atoms with E-state index in [1.165, 1.54) is 0 Å². The summed E-state index contributed by atoms with van der Waals surface area (Å²) in [6.07, 6.45) is -0.370. The van der Waals surface area contributed by atoms with Gasteiger partial charge in [-0.3, -0.25) is 0 Å². The summed E-state index contributed by atoms with van der Waals surface area (Å²) in [4.78, 5) is 13.6. The summed E-state index contributed by atoms with van der Waals surface area (Å²) in [5.74, 6) is 0. The molecule has 1 amide bonds. The summed E-state index contributed by atoms with van der Waals surface area (Å²) in [6, 6.07) is 0.0395. The van der Waals surface area contributed by atoms with E-state index in [4.69, 9.17) is 15.2 Å². The molecule has 94 valence electrons. The minimum absolute atomic E-state index is 0.0395. The molecule has 5 heteroatoms. The number of ether oxygens (including phenoxy) is 2. The van der Waals surface area contributed by atoms with Crippen LogP contribution in [0.5, 0.6) is 0 Å². The number of carbonyl (C=O) groups excluding carboxylic acids is 1. The van der Waals surface area contributed by atoms with Crippen LogP contribution in [0.1, 0.15) is 27.7 Å². The second-order valence-electron chi connectivity index (χ2n) is 5.17. The van der Waals surface area contributed by atoms with Gasteiger partial charge in [-0.15, -0.1) is 0 Å². The smallest absolute Gasteiger partial charge is 0.410 e. The average molecular weight is 230 g/mol. The van der Waals surface area contributed by atoms with Gasteiger partial charge in [-0.05, 0) is 27.7 Å². The predicted molar refractivity (Wildman–Crippen MR) is 61.2 cm³/mol. The standard InChI is InChI=1S/C11H22N2O3/c1-8-7-15-9(5-12)6-13(8)10(14)16-11(2,3)4/h8-9H,5-7,12H2,1-4H3/t8-,9?/m1/s1. The predicted octanol–water partition coefficient (Wildman–Crippen LogP) is 0.969. The summed E-state index contributed by atoms with van der Waals surface area (Å²) in [6.45, 7) is 8.96. The van der Waals surface area contributed by atoms with Crippen molar-refractivity contribution >= 4 is 6.09 Å². The number of nitrogens with zero attached hydrogens (tertiary/aromatic N) is 1. The van der Waals surface area contributed by atoms with Gasteiger partial charge < -0.3 is 20.1 Å². The molecule has 0 saturated carbocycles. The monoisotopic (exact) mass is 230 g/mol. The van der Waals surface area contributed by atoms with Gasteiger partial charge in [0.2, 0.25) is 0 Å². The summed E-state index contributed by atoms with van der Waals surface area (Å²) >= 11 is 0. The third-order valence-electron chi connectivity index (χ3n) is 2.40. The van der Waals surface area contributed by atoms with Crippen LogP contribution in [-0.2, 0) is 9.47 Å². The van der Waals surface area contributed by atoms with Gasteiger partial charge in [0.1, 0.15) is 5.60 Å². The molecular weight excluding hydrogens is 208 g/mol. The summed E-state index contributed by atoms with van der Waals surface area (Å²) < 4.78 is 10.8. The molecule has 1 unspecified atom stereocenters. The Morgan fingerprint density at radius 2 is 2.19 bits per heavy atom. The Morgan fingerprint density at radius 1 is 1.56 bits per heavy atom. The summed E-state index contributed by atoms with van der Waals surface area (Å²) in [5, 5.41) is 0. The zero-order chi connectivity index (χ0) is 12.3. The van der Waals surface area contributed by atoms with E-state index in [2.05, 4.69) is 0 Å². The highest BCUT2D eigenvalue weighted by molar-refractivity contribution is 5.68. The Bertz CT molecular complexity index is 250. The van der Waals surface area contributed by atoms with Gasteiger partial charge >= 0.3 is 6.09 Å². The topological polar surface area (TPSA) is 64.8 Å². The molecule has 2 atom stereocenters. The highest BCUT2D eigenvalue weighted by Crippen LogP contribution is 2.16. The maximum absolute atomic E-state index is 11.9. The van der Waals surface area contributed by atoms with Crippen molar-refractivity contribution in [2.45, 2.75) is 45.4 Å². The minimum Gasteiger partial charge on any atom is -0.444 e. The van der Waals surface area contributed by atoms with Crippen LogP contribution in [0.4, 0.5) is 4.79 Å². The Morgan fingerprint density at radius 3 is 2.69 bits per heavy atom. The van der Waals surface area contributed by atoms with Crippen LogP contribution in [0, 0.1) is 0 Å². The Kier molecular flexibility index (Phi) is 4.15. The first kappa shape index (κ1) is 13.3. The first-order chi connectivity index (χ1) is 7.33. The number of amides is 1. The van der Waals surface area contributed by atoms with Crippen LogP contribution < -0.4 is 5.73 Å². The Balaban J connectivity index is 2.59. The fourth-order valence-corrected chi connectivity index (χ4v) is 1.53. The second-order valence-corrected chi connectivity index (χ2v) is 5.17. The number of carbonyl (C=O) groups is 1. The van der Waals surface area contributed by atoms with Crippen molar-refractivity contribution in [3.05, 3.63) is 0 Å². The Hall–Kier alpha value is -0.810. The summed E-state index contributed by atoms with van der Waals surface area (Å²) in [5.41, 5.74) is 5.07. The van der Waals surface area contributed by atoms with E-state index in [1.807, 2.05) is 27.7 Å². The van der Waals surface area contributed by atoms with Crippen molar-refractivity contribution in [2.24, 2.45) is 5.73 Å². The van der Waals surface area contributed by atoms with Crippen molar-refractivity contribution in [1.82, 2.24) is 4.90 Å². The van der Waals surface area contributed by atoms with E-state index >= 15 is 0 Å². The normalized spacial score (nSPS) is 26.7. The fraction of sp³-hybridized carbons (Fsp3) is 0.909. The van der Waals surface area contributed by atoms with Crippen LogP contribution in [0.25, 0.3) is 0 Å². The number of hydrogen-bond donors (Lipinski definition) is 1. The van der Waals surface area contributed by atoms with Crippen LogP contribution in [0.2, 0.25) is 0 Å². The maximum Gasteiger partial charge on any atom is 0.410 e. The molecule has 1 rings (SSSR count). The number of morpholine rings is 1. The average Bonchev–Trinajstić information content (AvgIpc) is 2.15. The lowest BCUT2D eigenvalue weighted by atomic mass is 10.2. The van der Waals surface area contributed by atoms with Gasteiger partial charge in [0.25, 0.3) is 0 Å². The van der Waals surface area contributed by atoms with E-state index in [-0.39, 0.29) is 18.2 Å². The van der Waals surface area contributed by atoms with Gasteiger partial charge in [-0.25, -0.2) is 4.79 Å². The molecule has 5 nitrogen and oxygen atoms in total. The molecule has 0 spiro atoms. The maximum atomic E-state index is 11.9. The molecule has 1 aliphatic rings. The van der Waals surface area contributed by atoms with Gasteiger partial charge in [-0.2, -0.15) is 0 Å². The van der Waals surface area contributed by atoms with E-state index in [9.17, 15) is 4.79 Å². The lowest BCUT2D eigenvalue weighted by Gasteiger charge is -2.38. The molecule has 1 aliphatic heterocycles. The third kappa shape index (κ3) is 3.64. The minimum atomic E-state index is -0.465. The van der Waals surface area contributed by atoms with E-state index in [0.29, 0.717) is 19.7 Å². The SMILES string of the molecule is C[C@@H]1COC(CN)CN1C(=O)OC(C)(C)C. The molecule has 2 N–H and O–H groups in total. The molecule has 16 heavy (non-hydrogen) atoms. The van der Waals surface area contributed by atoms with Crippen LogP contribution in [-0.4, -0.2) is 48.4 Å². The van der Waals surface area contributed by atoms with Gasteiger partial charge in [0.15, 0.2) is 0 Å². The largest absolute Gasteiger partial charge is 0.444 e. The van der Waals surface area contributed by atoms with Crippen molar-refractivity contribution in [2.75, 3.05) is 19.7 Å². The van der Waals surface area contributed by atoms with Gasteiger partial charge in [-0.1, -0.05) is 0 Å². The lowest BCUT2D eigenvalue weighted by molar-refractivity contribution is -0.0617. The zero-order valence-electron chi connectivity index (χ0n) is 10.5. The van der Waals surface area contributed by atoms with E-state index in [0.717, 1.165) is 0 Å². The molecule has 0 aliphatic carbocycles. The van der Waals surface area contributed by atoms with Crippen LogP contribution in [0.3, 0.4) is 0 Å². The number of hydrogen-bond acceptors (Lipinski definition) is 4. The highest BCUT2D eigenvalue weighted by Gasteiger charge is 2.31. The molecule has 1 saturated heterocycles. The van der Waals surface area contributed by atoms with Crippen molar-refractivity contribution in [3.63, 3.8) is 0 Å². The molecule has 0 aromatic rings. The molecular formula is C11H22N2O3. The molecule has 0 aromatic heterocycles. The quantitative estimate of drug-likeness (QED) is 0.729. The second kappa shape index (κ2) is 5.01. The highest BCUT2D eigenvalue weighted by atomic mass is 16.6. The lowest BCUT2D eigenvalue weighted by Crippen LogP contribution is -2.54.